The number of aryl methyl sites for hydroxylation is 1. The summed E-state index contributed by atoms with van der Waals surface area (Å²) in [7, 11) is -3.17. The number of fused-ring (bicyclic) bond motifs is 3. The minimum atomic E-state index is -3.17. The molecule has 0 aliphatic carbocycles. The van der Waals surface area contributed by atoms with Gasteiger partial charge in [-0.2, -0.15) is 4.31 Å². The Hall–Kier alpha value is -3.70. The summed E-state index contributed by atoms with van der Waals surface area (Å²) in [5.74, 6) is 0.883. The van der Waals surface area contributed by atoms with Crippen LogP contribution in [0.1, 0.15) is 25.8 Å². The number of ether oxygens (including phenoxy) is 1. The lowest BCUT2D eigenvalue weighted by Gasteiger charge is -2.35. The van der Waals surface area contributed by atoms with Gasteiger partial charge >= 0.3 is 0 Å². The quantitative estimate of drug-likeness (QED) is 0.511. The monoisotopic (exact) mass is 534 g/mol. The van der Waals surface area contributed by atoms with E-state index in [0.29, 0.717) is 30.5 Å². The number of nitrogens with one attached hydrogen (secondary N) is 2. The van der Waals surface area contributed by atoms with Crippen molar-refractivity contribution in [2.45, 2.75) is 44.9 Å². The lowest BCUT2D eigenvalue weighted by Crippen LogP contribution is -2.48. The summed E-state index contributed by atoms with van der Waals surface area (Å²) in [6, 6.07) is 13.8. The Balaban J connectivity index is 1.19. The number of benzene rings is 2. The standard InChI is InChI=1S/C27H30N6O4S/c1-16-11-18(6-8-23(16)32-14-20-13-19(32)15-33(20)38(4,35)36)29-26-28-10-9-21(31-26)17-5-7-22-24(12-17)37-27(2,3)25(34)30-22/h5-12,19-20H,13-15H2,1-4H3,(H,30,34)(H,28,29,31). The average Bonchev–Trinajstić information content (AvgIpc) is 3.46. The van der Waals surface area contributed by atoms with Gasteiger partial charge in [-0.15, -0.1) is 0 Å². The van der Waals surface area contributed by atoms with Gasteiger partial charge in [0, 0.05) is 48.3 Å². The summed E-state index contributed by atoms with van der Waals surface area (Å²) in [4.78, 5) is 23.6. The van der Waals surface area contributed by atoms with E-state index in [1.54, 1.807) is 24.3 Å². The van der Waals surface area contributed by atoms with Crippen molar-refractivity contribution in [1.29, 1.82) is 0 Å². The Morgan fingerprint density at radius 3 is 2.63 bits per heavy atom. The first-order valence-electron chi connectivity index (χ1n) is 12.6. The third-order valence-corrected chi connectivity index (χ3v) is 8.77. The van der Waals surface area contributed by atoms with Crippen molar-refractivity contribution in [3.63, 3.8) is 0 Å². The average molecular weight is 535 g/mol. The van der Waals surface area contributed by atoms with Gasteiger partial charge in [-0.3, -0.25) is 4.79 Å². The van der Waals surface area contributed by atoms with Crippen LogP contribution < -0.4 is 20.3 Å². The largest absolute Gasteiger partial charge is 0.476 e. The summed E-state index contributed by atoms with van der Waals surface area (Å²) in [5.41, 5.74) is 4.34. The molecule has 0 radical (unpaired) electrons. The Kier molecular flexibility index (Phi) is 5.62. The van der Waals surface area contributed by atoms with Crippen LogP contribution in [0.2, 0.25) is 0 Å². The van der Waals surface area contributed by atoms with Crippen molar-refractivity contribution in [2.75, 3.05) is 34.9 Å². The molecule has 3 aromatic rings. The van der Waals surface area contributed by atoms with Crippen molar-refractivity contribution in [3.05, 3.63) is 54.2 Å². The first kappa shape index (κ1) is 24.6. The van der Waals surface area contributed by atoms with Gasteiger partial charge in [0.2, 0.25) is 16.0 Å². The van der Waals surface area contributed by atoms with Gasteiger partial charge in [0.15, 0.2) is 5.60 Å². The van der Waals surface area contributed by atoms with Gasteiger partial charge in [-0.05, 0) is 69.2 Å². The van der Waals surface area contributed by atoms with Crippen molar-refractivity contribution >= 4 is 38.9 Å². The van der Waals surface area contributed by atoms with E-state index in [-0.39, 0.29) is 18.0 Å². The molecule has 1 aromatic heterocycles. The van der Waals surface area contributed by atoms with Crippen molar-refractivity contribution < 1.29 is 17.9 Å². The van der Waals surface area contributed by atoms with Crippen LogP contribution in [0.3, 0.4) is 0 Å². The smallest absolute Gasteiger partial charge is 0.268 e. The number of sulfonamides is 1. The SMILES string of the molecule is Cc1cc(Nc2nccc(-c3ccc4c(c3)OC(C)(C)C(=O)N4)n2)ccc1N1CC2CC1CN2S(C)(=O)=O. The van der Waals surface area contributed by atoms with Gasteiger partial charge in [-0.1, -0.05) is 6.07 Å². The highest BCUT2D eigenvalue weighted by Crippen LogP contribution is 2.39. The van der Waals surface area contributed by atoms with E-state index < -0.39 is 15.6 Å². The van der Waals surface area contributed by atoms with Crippen LogP contribution in [0.25, 0.3) is 11.3 Å². The number of carbonyl (C=O) groups is 1. The molecule has 6 rings (SSSR count). The minimum Gasteiger partial charge on any atom is -0.476 e. The van der Waals surface area contributed by atoms with Crippen LogP contribution >= 0.6 is 0 Å². The van der Waals surface area contributed by atoms with Crippen LogP contribution in [0.15, 0.2) is 48.7 Å². The molecular weight excluding hydrogens is 504 g/mol. The molecule has 2 atom stereocenters. The van der Waals surface area contributed by atoms with Crippen LogP contribution in [0, 0.1) is 6.92 Å². The summed E-state index contributed by atoms with van der Waals surface area (Å²) in [6.45, 7) is 6.78. The van der Waals surface area contributed by atoms with Gasteiger partial charge in [-0.25, -0.2) is 18.4 Å². The van der Waals surface area contributed by atoms with E-state index in [4.69, 9.17) is 9.72 Å². The zero-order valence-corrected chi connectivity index (χ0v) is 22.5. The molecule has 38 heavy (non-hydrogen) atoms. The number of piperazine rings is 1. The number of anilines is 4. The maximum absolute atomic E-state index is 12.2. The zero-order valence-electron chi connectivity index (χ0n) is 21.7. The predicted molar refractivity (Wildman–Crippen MR) is 146 cm³/mol. The first-order valence-corrected chi connectivity index (χ1v) is 14.4. The van der Waals surface area contributed by atoms with Gasteiger partial charge in [0.05, 0.1) is 17.6 Å². The second-order valence-electron chi connectivity index (χ2n) is 10.7. The van der Waals surface area contributed by atoms with Gasteiger partial charge < -0.3 is 20.3 Å². The molecular formula is C27H30N6O4S. The second-order valence-corrected chi connectivity index (χ2v) is 12.6. The Labute approximate surface area is 222 Å². The maximum atomic E-state index is 12.2. The van der Waals surface area contributed by atoms with E-state index in [1.807, 2.05) is 30.3 Å². The molecule has 1 amide bonds. The summed E-state index contributed by atoms with van der Waals surface area (Å²) in [5, 5.41) is 6.18. The van der Waals surface area contributed by atoms with E-state index in [1.165, 1.54) is 6.26 Å². The Bertz CT molecular complexity index is 1560. The van der Waals surface area contributed by atoms with E-state index in [9.17, 15) is 13.2 Å². The number of carbonyl (C=O) groups excluding carboxylic acids is 1. The molecule has 0 spiro atoms. The normalized spacial score (nSPS) is 22.1. The molecule has 4 heterocycles. The summed E-state index contributed by atoms with van der Waals surface area (Å²) >= 11 is 0. The van der Waals surface area contributed by atoms with E-state index in [0.717, 1.165) is 34.6 Å². The predicted octanol–water partition coefficient (Wildman–Crippen LogP) is 3.53. The number of amides is 1. The summed E-state index contributed by atoms with van der Waals surface area (Å²) in [6.07, 6.45) is 3.86. The molecule has 11 heteroatoms. The molecule has 3 aliphatic heterocycles. The molecule has 2 saturated heterocycles. The van der Waals surface area contributed by atoms with Crippen molar-refractivity contribution in [3.8, 4) is 17.0 Å². The molecule has 2 bridgehead atoms. The Morgan fingerprint density at radius 1 is 1.11 bits per heavy atom. The van der Waals surface area contributed by atoms with Crippen LogP contribution in [0.5, 0.6) is 5.75 Å². The third kappa shape index (κ3) is 4.35. The molecule has 2 aromatic carbocycles. The molecule has 198 valence electrons. The van der Waals surface area contributed by atoms with Gasteiger partial charge in [0.25, 0.3) is 5.91 Å². The number of aromatic nitrogens is 2. The number of rotatable bonds is 5. The van der Waals surface area contributed by atoms with Crippen LogP contribution in [-0.2, 0) is 14.8 Å². The van der Waals surface area contributed by atoms with Crippen LogP contribution in [0.4, 0.5) is 23.0 Å². The first-order chi connectivity index (χ1) is 18.0. The molecule has 2 unspecified atom stereocenters. The molecule has 2 N–H and O–H groups in total. The summed E-state index contributed by atoms with van der Waals surface area (Å²) < 4.78 is 31.6. The molecule has 3 aliphatic rings. The topological polar surface area (TPSA) is 117 Å². The minimum absolute atomic E-state index is 0.0414. The second kappa shape index (κ2) is 8.67. The van der Waals surface area contributed by atoms with E-state index >= 15 is 0 Å². The fourth-order valence-electron chi connectivity index (χ4n) is 5.56. The fraction of sp³-hybridized carbons (Fsp3) is 0.370. The number of hydrogen-bond acceptors (Lipinski definition) is 8. The lowest BCUT2D eigenvalue weighted by molar-refractivity contribution is -0.129. The fourth-order valence-corrected chi connectivity index (χ4v) is 6.70. The molecule has 10 nitrogen and oxygen atoms in total. The highest BCUT2D eigenvalue weighted by atomic mass is 32.2. The maximum Gasteiger partial charge on any atom is 0.268 e. The molecule has 0 saturated carbocycles. The Morgan fingerprint density at radius 2 is 1.92 bits per heavy atom. The number of hydrogen-bond donors (Lipinski definition) is 2. The van der Waals surface area contributed by atoms with Gasteiger partial charge in [0.1, 0.15) is 5.75 Å². The van der Waals surface area contributed by atoms with Crippen LogP contribution in [-0.4, -0.2) is 65.6 Å². The number of nitrogens with zero attached hydrogens (tertiary/aromatic N) is 4. The van der Waals surface area contributed by atoms with Crippen molar-refractivity contribution in [1.82, 2.24) is 14.3 Å². The lowest BCUT2D eigenvalue weighted by atomic mass is 10.0. The third-order valence-electron chi connectivity index (χ3n) is 7.47. The highest BCUT2D eigenvalue weighted by Gasteiger charge is 2.47. The molecule has 2 fully saturated rings. The zero-order chi connectivity index (χ0) is 26.8. The van der Waals surface area contributed by atoms with E-state index in [2.05, 4.69) is 39.6 Å². The highest BCUT2D eigenvalue weighted by molar-refractivity contribution is 7.88. The van der Waals surface area contributed by atoms with Crippen molar-refractivity contribution in [2.24, 2.45) is 0 Å².